The lowest BCUT2D eigenvalue weighted by molar-refractivity contribution is -0.0739. The maximum absolute atomic E-state index is 11.9. The van der Waals surface area contributed by atoms with Gasteiger partial charge in [0.1, 0.15) is 5.82 Å². The molecular weight excluding hydrogens is 348 g/mol. The van der Waals surface area contributed by atoms with Crippen molar-refractivity contribution in [3.05, 3.63) is 28.0 Å². The Balaban J connectivity index is 1.35. The average molecular weight is 378 g/mol. The number of H-pyrrole nitrogens is 2. The van der Waals surface area contributed by atoms with Crippen LogP contribution in [-0.4, -0.2) is 64.0 Å². The van der Waals surface area contributed by atoms with Crippen LogP contribution in [0, 0.1) is 0 Å². The first-order valence-electron chi connectivity index (χ1n) is 9.63. The fourth-order valence-electron chi connectivity index (χ4n) is 3.68. The summed E-state index contributed by atoms with van der Waals surface area (Å²) in [6.07, 6.45) is 6.48. The Bertz CT molecular complexity index is 713. The molecule has 0 aromatic carbocycles. The van der Waals surface area contributed by atoms with Crippen molar-refractivity contribution in [3.63, 3.8) is 0 Å². The number of aromatic nitrogens is 3. The Morgan fingerprint density at radius 3 is 2.78 bits per heavy atom. The van der Waals surface area contributed by atoms with Crippen LogP contribution >= 0.6 is 0 Å². The van der Waals surface area contributed by atoms with E-state index in [1.54, 1.807) is 0 Å². The average Bonchev–Trinajstić information content (AvgIpc) is 3.24. The number of ether oxygens (including phenoxy) is 1. The standard InChI is InChI=1S/C18H30N6O3/c1-13(2)4-8-24-9-6-18(7-10-24)5-3-14(27-18)11-19-16(25)20-12-15-21-17(26)23-22-15/h4,14H,3,5-12H2,1-2H3,(H2,19,20,25)(H2,21,22,23,26)/t14-/m0/s1. The molecule has 0 aliphatic carbocycles. The first-order chi connectivity index (χ1) is 12.9. The van der Waals surface area contributed by atoms with E-state index in [0.29, 0.717) is 12.4 Å². The van der Waals surface area contributed by atoms with E-state index in [1.807, 2.05) is 0 Å². The van der Waals surface area contributed by atoms with Crippen LogP contribution in [0.5, 0.6) is 0 Å². The predicted molar refractivity (Wildman–Crippen MR) is 101 cm³/mol. The number of allylic oxidation sites excluding steroid dienone is 1. The van der Waals surface area contributed by atoms with Gasteiger partial charge in [-0.2, -0.15) is 5.10 Å². The van der Waals surface area contributed by atoms with Crippen molar-refractivity contribution < 1.29 is 9.53 Å². The lowest BCUT2D eigenvalue weighted by atomic mass is 9.88. The van der Waals surface area contributed by atoms with Crippen LogP contribution in [-0.2, 0) is 11.3 Å². The fourth-order valence-corrected chi connectivity index (χ4v) is 3.68. The van der Waals surface area contributed by atoms with Gasteiger partial charge in [-0.3, -0.25) is 9.88 Å². The van der Waals surface area contributed by atoms with Gasteiger partial charge in [0.25, 0.3) is 0 Å². The zero-order valence-electron chi connectivity index (χ0n) is 16.1. The van der Waals surface area contributed by atoms with Gasteiger partial charge in [0, 0.05) is 26.2 Å². The van der Waals surface area contributed by atoms with Gasteiger partial charge in [0.2, 0.25) is 0 Å². The number of aromatic amines is 2. The number of rotatable bonds is 6. The van der Waals surface area contributed by atoms with Crippen molar-refractivity contribution in [2.45, 2.75) is 57.8 Å². The zero-order valence-corrected chi connectivity index (χ0v) is 16.1. The Hall–Kier alpha value is -2.13. The minimum Gasteiger partial charge on any atom is -0.370 e. The van der Waals surface area contributed by atoms with Crippen LogP contribution in [0.4, 0.5) is 4.79 Å². The maximum Gasteiger partial charge on any atom is 0.340 e. The molecule has 2 aliphatic heterocycles. The maximum atomic E-state index is 11.9. The van der Waals surface area contributed by atoms with Gasteiger partial charge in [0.05, 0.1) is 18.2 Å². The van der Waals surface area contributed by atoms with Crippen LogP contribution in [0.2, 0.25) is 0 Å². The molecular formula is C18H30N6O3. The number of carbonyl (C=O) groups excluding carboxylic acids is 1. The molecule has 3 heterocycles. The zero-order chi connectivity index (χ0) is 19.3. The van der Waals surface area contributed by atoms with E-state index in [1.165, 1.54) is 5.57 Å². The highest BCUT2D eigenvalue weighted by atomic mass is 16.5. The molecule has 0 bridgehead atoms. The lowest BCUT2D eigenvalue weighted by Gasteiger charge is -2.39. The van der Waals surface area contributed by atoms with Gasteiger partial charge in [-0.15, -0.1) is 0 Å². The molecule has 2 aliphatic rings. The number of carbonyl (C=O) groups is 1. The lowest BCUT2D eigenvalue weighted by Crippen LogP contribution is -2.45. The molecule has 0 radical (unpaired) electrons. The Labute approximate surface area is 158 Å². The molecule has 9 heteroatoms. The number of nitrogens with one attached hydrogen (secondary N) is 4. The van der Waals surface area contributed by atoms with E-state index in [4.69, 9.17) is 4.74 Å². The van der Waals surface area contributed by atoms with E-state index >= 15 is 0 Å². The van der Waals surface area contributed by atoms with Gasteiger partial charge in [-0.05, 0) is 39.5 Å². The Kier molecular flexibility index (Phi) is 6.33. The number of likely N-dealkylation sites (tertiary alicyclic amines) is 1. The molecule has 2 saturated heterocycles. The molecule has 1 aromatic rings. The number of nitrogens with zero attached hydrogens (tertiary/aromatic N) is 2. The Morgan fingerprint density at radius 1 is 1.33 bits per heavy atom. The molecule has 9 nitrogen and oxygen atoms in total. The smallest absolute Gasteiger partial charge is 0.340 e. The van der Waals surface area contributed by atoms with Gasteiger partial charge in [0.15, 0.2) is 0 Å². The van der Waals surface area contributed by atoms with Crippen molar-refractivity contribution in [1.82, 2.24) is 30.7 Å². The second kappa shape index (κ2) is 8.71. The minimum absolute atomic E-state index is 0.0151. The molecule has 4 N–H and O–H groups in total. The fraction of sp³-hybridized carbons (Fsp3) is 0.722. The van der Waals surface area contributed by atoms with E-state index in [0.717, 1.165) is 45.3 Å². The van der Waals surface area contributed by atoms with Crippen molar-refractivity contribution in [2.75, 3.05) is 26.2 Å². The summed E-state index contributed by atoms with van der Waals surface area (Å²) in [7, 11) is 0. The highest BCUT2D eigenvalue weighted by Crippen LogP contribution is 2.38. The van der Waals surface area contributed by atoms with Crippen molar-refractivity contribution in [1.29, 1.82) is 0 Å². The third kappa shape index (κ3) is 5.67. The largest absolute Gasteiger partial charge is 0.370 e. The Morgan fingerprint density at radius 2 is 2.11 bits per heavy atom. The van der Waals surface area contributed by atoms with Crippen LogP contribution in [0.25, 0.3) is 0 Å². The summed E-state index contributed by atoms with van der Waals surface area (Å²) in [4.78, 5) is 27.8. The summed E-state index contributed by atoms with van der Waals surface area (Å²) in [5.41, 5.74) is 0.956. The molecule has 1 atom stereocenters. The second-order valence-corrected chi connectivity index (χ2v) is 7.73. The summed E-state index contributed by atoms with van der Waals surface area (Å²) >= 11 is 0. The summed E-state index contributed by atoms with van der Waals surface area (Å²) in [6, 6.07) is -0.292. The third-order valence-corrected chi connectivity index (χ3v) is 5.32. The van der Waals surface area contributed by atoms with Crippen molar-refractivity contribution >= 4 is 6.03 Å². The monoisotopic (exact) mass is 378 g/mol. The van der Waals surface area contributed by atoms with Gasteiger partial charge in [-0.1, -0.05) is 11.6 Å². The molecule has 2 amide bonds. The van der Waals surface area contributed by atoms with Crippen LogP contribution in [0.1, 0.15) is 45.4 Å². The summed E-state index contributed by atoms with van der Waals surface area (Å²) in [5.74, 6) is 0.395. The highest BCUT2D eigenvalue weighted by molar-refractivity contribution is 5.73. The number of urea groups is 1. The number of piperidine rings is 1. The molecule has 0 saturated carbocycles. The molecule has 1 aromatic heterocycles. The number of hydrogen-bond donors (Lipinski definition) is 4. The van der Waals surface area contributed by atoms with E-state index in [9.17, 15) is 9.59 Å². The van der Waals surface area contributed by atoms with E-state index < -0.39 is 0 Å². The first kappa shape index (κ1) is 19.6. The SMILES string of the molecule is CC(C)=CCN1CCC2(CC[C@@H](CNC(=O)NCc3n[nH]c(=O)[nH]3)O2)CC1. The molecule has 150 valence electrons. The van der Waals surface area contributed by atoms with Gasteiger partial charge >= 0.3 is 11.7 Å². The minimum atomic E-state index is -0.385. The van der Waals surface area contributed by atoms with Crippen LogP contribution in [0.15, 0.2) is 16.4 Å². The molecule has 27 heavy (non-hydrogen) atoms. The molecule has 0 unspecified atom stereocenters. The summed E-state index contributed by atoms with van der Waals surface area (Å²) < 4.78 is 6.33. The van der Waals surface area contributed by atoms with Crippen molar-refractivity contribution in [2.24, 2.45) is 0 Å². The topological polar surface area (TPSA) is 115 Å². The number of hydrogen-bond acceptors (Lipinski definition) is 5. The number of amides is 2. The normalized spacial score (nSPS) is 21.9. The van der Waals surface area contributed by atoms with E-state index in [-0.39, 0.29) is 30.0 Å². The van der Waals surface area contributed by atoms with Gasteiger partial charge in [-0.25, -0.2) is 14.7 Å². The van der Waals surface area contributed by atoms with Crippen molar-refractivity contribution in [3.8, 4) is 0 Å². The predicted octanol–water partition coefficient (Wildman–Crippen LogP) is 0.877. The molecule has 3 rings (SSSR count). The highest BCUT2D eigenvalue weighted by Gasteiger charge is 2.42. The molecule has 2 fully saturated rings. The van der Waals surface area contributed by atoms with Gasteiger partial charge < -0.3 is 15.4 Å². The van der Waals surface area contributed by atoms with Crippen LogP contribution < -0.4 is 16.3 Å². The summed E-state index contributed by atoms with van der Waals surface area (Å²) in [6.45, 7) is 8.07. The van der Waals surface area contributed by atoms with E-state index in [2.05, 4.69) is 50.6 Å². The van der Waals surface area contributed by atoms with Crippen LogP contribution in [0.3, 0.4) is 0 Å². The second-order valence-electron chi connectivity index (χ2n) is 7.73. The third-order valence-electron chi connectivity index (χ3n) is 5.32. The quantitative estimate of drug-likeness (QED) is 0.549. The molecule has 1 spiro atoms. The first-order valence-corrected chi connectivity index (χ1v) is 9.63. The summed E-state index contributed by atoms with van der Waals surface area (Å²) in [5, 5.41) is 11.5.